The molecular formula is C32H50F3NO2. The standard InChI is InChI=1S/C15H15NO.C7H5F3O.5C2H6/c1-11-6-8-14(9-7-11)16-15(17)13-5-3-4-12(2)10-13;8-7(9,10)11-6-4-2-1-3-5-6;5*1-2/h3-10H,1-2H3,(H,16,17);1-5H;5*1-2H3. The molecule has 0 aliphatic rings. The molecule has 0 spiro atoms. The molecule has 1 amide bonds. The van der Waals surface area contributed by atoms with Crippen molar-refractivity contribution in [2.45, 2.75) is 89.4 Å². The van der Waals surface area contributed by atoms with Crippen LogP contribution in [-0.2, 0) is 0 Å². The fraction of sp³-hybridized carbons (Fsp3) is 0.406. The first kappa shape index (κ1) is 41.8. The molecule has 0 bridgehead atoms. The number of para-hydroxylation sites is 1. The SMILES string of the molecule is CC.CC.CC.CC.CC.Cc1ccc(NC(=O)c2cccc(C)c2)cc1.FC(F)(F)Oc1ccccc1. The Morgan fingerprint density at radius 3 is 1.53 bits per heavy atom. The van der Waals surface area contributed by atoms with Crippen LogP contribution in [0.3, 0.4) is 0 Å². The second kappa shape index (κ2) is 28.3. The zero-order valence-electron chi connectivity index (χ0n) is 25.5. The van der Waals surface area contributed by atoms with Gasteiger partial charge in [-0.15, -0.1) is 13.2 Å². The number of anilines is 1. The van der Waals surface area contributed by atoms with Crippen LogP contribution in [0, 0.1) is 13.8 Å². The highest BCUT2D eigenvalue weighted by Crippen LogP contribution is 2.21. The Kier molecular flexibility index (Phi) is 31.1. The van der Waals surface area contributed by atoms with Gasteiger partial charge in [-0.25, -0.2) is 0 Å². The van der Waals surface area contributed by atoms with E-state index in [4.69, 9.17) is 0 Å². The fourth-order valence-electron chi connectivity index (χ4n) is 2.25. The molecule has 6 heteroatoms. The van der Waals surface area contributed by atoms with E-state index in [-0.39, 0.29) is 11.7 Å². The highest BCUT2D eigenvalue weighted by molar-refractivity contribution is 6.04. The molecule has 0 saturated carbocycles. The Morgan fingerprint density at radius 2 is 1.11 bits per heavy atom. The summed E-state index contributed by atoms with van der Waals surface area (Å²) >= 11 is 0. The van der Waals surface area contributed by atoms with Gasteiger partial charge in [0.15, 0.2) is 0 Å². The van der Waals surface area contributed by atoms with E-state index < -0.39 is 6.36 Å². The lowest BCUT2D eigenvalue weighted by atomic mass is 10.1. The van der Waals surface area contributed by atoms with Crippen LogP contribution in [0.2, 0.25) is 0 Å². The average Bonchev–Trinajstić information content (AvgIpc) is 2.95. The Hall–Kier alpha value is -3.28. The van der Waals surface area contributed by atoms with Crippen molar-refractivity contribution in [1.29, 1.82) is 0 Å². The van der Waals surface area contributed by atoms with Crippen LogP contribution in [0.25, 0.3) is 0 Å². The predicted octanol–water partition coefficient (Wildman–Crippen LogP) is 11.3. The summed E-state index contributed by atoms with van der Waals surface area (Å²) in [7, 11) is 0. The molecule has 0 heterocycles. The molecule has 0 saturated heterocycles. The van der Waals surface area contributed by atoms with Crippen LogP contribution >= 0.6 is 0 Å². The fourth-order valence-corrected chi connectivity index (χ4v) is 2.25. The van der Waals surface area contributed by atoms with Crippen LogP contribution in [0.5, 0.6) is 5.75 Å². The minimum atomic E-state index is -4.60. The summed E-state index contributed by atoms with van der Waals surface area (Å²) in [5.74, 6) is -0.266. The molecule has 0 aliphatic heterocycles. The van der Waals surface area contributed by atoms with Gasteiger partial charge in [0.05, 0.1) is 0 Å². The average molecular weight is 538 g/mol. The van der Waals surface area contributed by atoms with Crippen molar-refractivity contribution in [3.8, 4) is 5.75 Å². The quantitative estimate of drug-likeness (QED) is 0.361. The van der Waals surface area contributed by atoms with E-state index in [0.29, 0.717) is 5.56 Å². The van der Waals surface area contributed by atoms with Gasteiger partial charge in [0.1, 0.15) is 5.75 Å². The number of nitrogens with one attached hydrogen (secondary N) is 1. The minimum Gasteiger partial charge on any atom is -0.406 e. The van der Waals surface area contributed by atoms with Gasteiger partial charge in [-0.2, -0.15) is 0 Å². The maximum absolute atomic E-state index is 11.9. The molecule has 38 heavy (non-hydrogen) atoms. The number of benzene rings is 3. The summed E-state index contributed by atoms with van der Waals surface area (Å²) < 4.78 is 38.2. The summed E-state index contributed by atoms with van der Waals surface area (Å²) in [6.07, 6.45) is -4.60. The van der Waals surface area contributed by atoms with Crippen molar-refractivity contribution in [3.63, 3.8) is 0 Å². The molecule has 0 aromatic heterocycles. The zero-order valence-corrected chi connectivity index (χ0v) is 25.5. The highest BCUT2D eigenvalue weighted by atomic mass is 19.4. The van der Waals surface area contributed by atoms with E-state index in [1.165, 1.54) is 29.8 Å². The van der Waals surface area contributed by atoms with Gasteiger partial charge < -0.3 is 10.1 Å². The number of rotatable bonds is 3. The van der Waals surface area contributed by atoms with E-state index >= 15 is 0 Å². The summed E-state index contributed by atoms with van der Waals surface area (Å²) in [6.45, 7) is 24.0. The van der Waals surface area contributed by atoms with Crippen LogP contribution in [0.4, 0.5) is 18.9 Å². The topological polar surface area (TPSA) is 38.3 Å². The number of hydrogen-bond donors (Lipinski definition) is 1. The van der Waals surface area contributed by atoms with Gasteiger partial charge in [0.25, 0.3) is 5.91 Å². The number of aryl methyl sites for hydroxylation is 2. The third-order valence-electron chi connectivity index (χ3n) is 3.57. The third-order valence-corrected chi connectivity index (χ3v) is 3.57. The first-order valence-corrected chi connectivity index (χ1v) is 13.5. The number of carbonyl (C=O) groups is 1. The van der Waals surface area contributed by atoms with E-state index in [2.05, 4.69) is 10.1 Å². The summed E-state index contributed by atoms with van der Waals surface area (Å²) in [5.41, 5.74) is 3.77. The Balaban J connectivity index is -0.000000239. The number of alkyl halides is 3. The molecule has 0 aliphatic carbocycles. The molecule has 3 rings (SSSR count). The molecule has 0 unspecified atom stereocenters. The lowest BCUT2D eigenvalue weighted by molar-refractivity contribution is -0.274. The third kappa shape index (κ3) is 23.1. The lowest BCUT2D eigenvalue weighted by Crippen LogP contribution is -2.16. The van der Waals surface area contributed by atoms with Gasteiger partial charge in [-0.3, -0.25) is 4.79 Å². The summed E-state index contributed by atoms with van der Waals surface area (Å²) in [6, 6.07) is 22.4. The molecule has 3 aromatic carbocycles. The van der Waals surface area contributed by atoms with Gasteiger partial charge >= 0.3 is 6.36 Å². The van der Waals surface area contributed by atoms with Crippen molar-refractivity contribution in [2.75, 3.05) is 5.32 Å². The minimum absolute atomic E-state index is 0.0717. The second-order valence-corrected chi connectivity index (χ2v) is 6.05. The smallest absolute Gasteiger partial charge is 0.406 e. The molecule has 0 fully saturated rings. The molecular weight excluding hydrogens is 487 g/mol. The van der Waals surface area contributed by atoms with E-state index in [1.54, 1.807) is 6.07 Å². The maximum Gasteiger partial charge on any atom is 0.573 e. The van der Waals surface area contributed by atoms with Crippen molar-refractivity contribution >= 4 is 11.6 Å². The maximum atomic E-state index is 11.9. The summed E-state index contributed by atoms with van der Waals surface area (Å²) in [4.78, 5) is 11.9. The first-order valence-electron chi connectivity index (χ1n) is 13.5. The van der Waals surface area contributed by atoms with Crippen LogP contribution < -0.4 is 10.1 Å². The van der Waals surface area contributed by atoms with E-state index in [0.717, 1.165) is 11.3 Å². The normalized spacial score (nSPS) is 8.50. The monoisotopic (exact) mass is 537 g/mol. The number of hydrogen-bond acceptors (Lipinski definition) is 2. The van der Waals surface area contributed by atoms with Crippen molar-refractivity contribution in [3.05, 3.63) is 95.6 Å². The van der Waals surface area contributed by atoms with Crippen LogP contribution in [0.1, 0.15) is 90.7 Å². The number of amides is 1. The van der Waals surface area contributed by atoms with Gasteiger partial charge in [-0.1, -0.05) is 123 Å². The summed E-state index contributed by atoms with van der Waals surface area (Å²) in [5, 5.41) is 2.87. The Morgan fingerprint density at radius 1 is 0.632 bits per heavy atom. The molecule has 0 radical (unpaired) electrons. The van der Waals surface area contributed by atoms with E-state index in [1.807, 2.05) is 132 Å². The Labute approximate surface area is 230 Å². The number of ether oxygens (including phenoxy) is 1. The predicted molar refractivity (Wildman–Crippen MR) is 160 cm³/mol. The molecule has 1 N–H and O–H groups in total. The largest absolute Gasteiger partial charge is 0.573 e. The van der Waals surface area contributed by atoms with Crippen molar-refractivity contribution in [1.82, 2.24) is 0 Å². The van der Waals surface area contributed by atoms with Gasteiger partial charge in [0, 0.05) is 11.3 Å². The van der Waals surface area contributed by atoms with Crippen LogP contribution in [-0.4, -0.2) is 12.3 Å². The van der Waals surface area contributed by atoms with Crippen molar-refractivity contribution in [2.24, 2.45) is 0 Å². The second-order valence-electron chi connectivity index (χ2n) is 6.05. The van der Waals surface area contributed by atoms with Gasteiger partial charge in [0.2, 0.25) is 0 Å². The molecule has 0 atom stereocenters. The first-order chi connectivity index (χ1) is 18.2. The van der Waals surface area contributed by atoms with Crippen LogP contribution in [0.15, 0.2) is 78.9 Å². The van der Waals surface area contributed by atoms with Gasteiger partial charge in [-0.05, 0) is 50.2 Å². The number of carbonyl (C=O) groups excluding carboxylic acids is 1. The molecule has 3 nitrogen and oxygen atoms in total. The lowest BCUT2D eigenvalue weighted by Gasteiger charge is -2.07. The molecule has 3 aromatic rings. The number of halogens is 3. The zero-order chi connectivity index (χ0) is 30.6. The van der Waals surface area contributed by atoms with Crippen molar-refractivity contribution < 1.29 is 22.7 Å². The highest BCUT2D eigenvalue weighted by Gasteiger charge is 2.30. The molecule has 216 valence electrons. The van der Waals surface area contributed by atoms with E-state index in [9.17, 15) is 18.0 Å². The Bertz CT molecular complexity index is 895.